The molecule has 0 saturated carbocycles. The third kappa shape index (κ3) is 5.76. The van der Waals surface area contributed by atoms with Crippen LogP contribution in [0.1, 0.15) is 24.5 Å². The zero-order valence-electron chi connectivity index (χ0n) is 17.1. The van der Waals surface area contributed by atoms with Gasteiger partial charge in [0.2, 0.25) is 0 Å². The highest BCUT2D eigenvalue weighted by molar-refractivity contribution is 6.30. The van der Waals surface area contributed by atoms with Crippen molar-refractivity contribution >= 4 is 17.6 Å². The molecule has 0 aliphatic carbocycles. The number of aromatic amines is 1. The Bertz CT molecular complexity index is 928. The summed E-state index contributed by atoms with van der Waals surface area (Å²) in [7, 11) is 0. The summed E-state index contributed by atoms with van der Waals surface area (Å²) >= 11 is 5.97. The van der Waals surface area contributed by atoms with E-state index in [2.05, 4.69) is 15.4 Å². The lowest BCUT2D eigenvalue weighted by Crippen LogP contribution is -2.41. The molecule has 1 N–H and O–H groups in total. The third-order valence-electron chi connectivity index (χ3n) is 5.60. The molecule has 2 aromatic rings. The highest BCUT2D eigenvalue weighted by Gasteiger charge is 2.34. The predicted octanol–water partition coefficient (Wildman–Crippen LogP) is 3.71. The molecule has 174 valence electrons. The molecule has 2 saturated heterocycles. The number of H-pyrrole nitrogens is 1. The Labute approximate surface area is 187 Å². The van der Waals surface area contributed by atoms with Crippen LogP contribution in [-0.2, 0) is 0 Å². The molecule has 2 fully saturated rings. The number of rotatable bonds is 6. The van der Waals surface area contributed by atoms with Gasteiger partial charge < -0.3 is 19.3 Å². The van der Waals surface area contributed by atoms with E-state index < -0.39 is 12.8 Å². The Hall–Kier alpha value is -2.69. The number of halogens is 4. The molecule has 2 aliphatic rings. The number of hydrogen-bond acceptors (Lipinski definition) is 5. The molecule has 1 aromatic carbocycles. The largest absolute Gasteiger partial charge is 0.493 e. The number of urea groups is 1. The smallest absolute Gasteiger partial charge is 0.422 e. The first kappa shape index (κ1) is 22.5. The molecular weight excluding hydrogens is 451 g/mol. The predicted molar refractivity (Wildman–Crippen MR) is 109 cm³/mol. The van der Waals surface area contributed by atoms with E-state index in [-0.39, 0.29) is 28.6 Å². The van der Waals surface area contributed by atoms with Gasteiger partial charge in [-0.05, 0) is 25.0 Å². The number of ether oxygens (including phenoxy) is 2. The zero-order valence-corrected chi connectivity index (χ0v) is 17.9. The first-order valence-corrected chi connectivity index (χ1v) is 10.7. The van der Waals surface area contributed by atoms with Crippen LogP contribution in [0.5, 0.6) is 11.5 Å². The van der Waals surface area contributed by atoms with E-state index in [1.165, 1.54) is 18.2 Å². The number of carbonyl (C=O) groups is 1. The molecule has 32 heavy (non-hydrogen) atoms. The second kappa shape index (κ2) is 9.43. The van der Waals surface area contributed by atoms with Gasteiger partial charge in [-0.15, -0.1) is 0 Å². The van der Waals surface area contributed by atoms with Crippen molar-refractivity contribution < 1.29 is 27.4 Å². The van der Waals surface area contributed by atoms with Crippen LogP contribution < -0.4 is 9.47 Å². The van der Waals surface area contributed by atoms with Crippen molar-refractivity contribution in [3.05, 3.63) is 35.1 Å². The minimum atomic E-state index is -4.44. The van der Waals surface area contributed by atoms with Gasteiger partial charge in [-0.1, -0.05) is 11.6 Å². The number of alkyl halides is 3. The molecule has 0 unspecified atom stereocenters. The standard InChI is InChI=1S/C20H23ClF3N5O3/c21-15-5-16(7-17(6-15)32-12-20(22,23)24)31-11-13-1-3-28(9-13)19(30)29-4-2-14(10-29)18-8-25-27-26-18/h5-8,13-14H,1-4,9-12H2,(H,25,26,27)/t13-,14+/m1/s1. The second-order valence-corrected chi connectivity index (χ2v) is 8.48. The van der Waals surface area contributed by atoms with Gasteiger partial charge in [0.25, 0.3) is 0 Å². The van der Waals surface area contributed by atoms with Gasteiger partial charge in [0, 0.05) is 49.1 Å². The SMILES string of the molecule is O=C(N1CC[C@@H](COc2cc(Cl)cc(OCC(F)(F)F)c2)C1)N1CC[C@H](c2cn[nH]n2)C1. The molecule has 12 heteroatoms. The first-order chi connectivity index (χ1) is 15.3. The second-order valence-electron chi connectivity index (χ2n) is 8.05. The minimum absolute atomic E-state index is 0.00378. The van der Waals surface area contributed by atoms with E-state index in [4.69, 9.17) is 21.1 Å². The Morgan fingerprint density at radius 3 is 2.56 bits per heavy atom. The summed E-state index contributed by atoms with van der Waals surface area (Å²) in [5, 5.41) is 10.8. The van der Waals surface area contributed by atoms with Crippen molar-refractivity contribution in [2.75, 3.05) is 39.4 Å². The van der Waals surface area contributed by atoms with E-state index in [9.17, 15) is 18.0 Å². The average Bonchev–Trinajstić information content (AvgIpc) is 3.50. The van der Waals surface area contributed by atoms with E-state index in [0.717, 1.165) is 18.5 Å². The van der Waals surface area contributed by atoms with Gasteiger partial charge in [0.1, 0.15) is 11.5 Å². The summed E-state index contributed by atoms with van der Waals surface area (Å²) in [6.45, 7) is 1.41. The van der Waals surface area contributed by atoms with E-state index in [1.807, 2.05) is 9.80 Å². The number of benzene rings is 1. The van der Waals surface area contributed by atoms with E-state index in [0.29, 0.717) is 38.5 Å². The van der Waals surface area contributed by atoms with Crippen LogP contribution >= 0.6 is 11.6 Å². The molecular formula is C20H23ClF3N5O3. The molecule has 3 heterocycles. The zero-order chi connectivity index (χ0) is 22.7. The number of aromatic nitrogens is 3. The van der Waals surface area contributed by atoms with Gasteiger partial charge in [-0.25, -0.2) is 4.79 Å². The van der Waals surface area contributed by atoms with Gasteiger partial charge in [0.15, 0.2) is 6.61 Å². The third-order valence-corrected chi connectivity index (χ3v) is 5.82. The number of hydrogen-bond donors (Lipinski definition) is 1. The van der Waals surface area contributed by atoms with Gasteiger partial charge in [0.05, 0.1) is 18.5 Å². The number of nitrogens with zero attached hydrogens (tertiary/aromatic N) is 4. The molecule has 4 rings (SSSR count). The molecule has 2 atom stereocenters. The van der Waals surface area contributed by atoms with Crippen molar-refractivity contribution in [2.24, 2.45) is 5.92 Å². The highest BCUT2D eigenvalue weighted by atomic mass is 35.5. The van der Waals surface area contributed by atoms with Crippen LogP contribution in [0.25, 0.3) is 0 Å². The minimum Gasteiger partial charge on any atom is -0.493 e. The Morgan fingerprint density at radius 1 is 1.12 bits per heavy atom. The summed E-state index contributed by atoms with van der Waals surface area (Å²) in [6.07, 6.45) is -1.11. The van der Waals surface area contributed by atoms with Gasteiger partial charge in [-0.3, -0.25) is 0 Å². The fourth-order valence-electron chi connectivity index (χ4n) is 4.01. The van der Waals surface area contributed by atoms with Crippen molar-refractivity contribution in [3.8, 4) is 11.5 Å². The maximum Gasteiger partial charge on any atom is 0.422 e. The number of carbonyl (C=O) groups excluding carboxylic acids is 1. The molecule has 0 radical (unpaired) electrons. The Kier molecular flexibility index (Phi) is 6.63. The topological polar surface area (TPSA) is 83.6 Å². The maximum absolute atomic E-state index is 12.9. The average molecular weight is 474 g/mol. The maximum atomic E-state index is 12.9. The monoisotopic (exact) mass is 473 g/mol. The van der Waals surface area contributed by atoms with Crippen molar-refractivity contribution in [1.82, 2.24) is 25.2 Å². The van der Waals surface area contributed by atoms with E-state index >= 15 is 0 Å². The van der Waals surface area contributed by atoms with Crippen LogP contribution in [0.2, 0.25) is 5.02 Å². The summed E-state index contributed by atoms with van der Waals surface area (Å²) in [6, 6.07) is 4.21. The summed E-state index contributed by atoms with van der Waals surface area (Å²) in [4.78, 5) is 16.5. The Morgan fingerprint density at radius 2 is 1.84 bits per heavy atom. The van der Waals surface area contributed by atoms with Gasteiger partial charge in [-0.2, -0.15) is 28.6 Å². The first-order valence-electron chi connectivity index (χ1n) is 10.3. The fraction of sp³-hybridized carbons (Fsp3) is 0.550. The number of likely N-dealkylation sites (tertiary alicyclic amines) is 2. The van der Waals surface area contributed by atoms with Crippen LogP contribution in [-0.4, -0.2) is 76.8 Å². The lowest BCUT2D eigenvalue weighted by molar-refractivity contribution is -0.153. The fourth-order valence-corrected chi connectivity index (χ4v) is 4.22. The van der Waals surface area contributed by atoms with Crippen LogP contribution in [0.15, 0.2) is 24.4 Å². The lowest BCUT2D eigenvalue weighted by Gasteiger charge is -2.24. The molecule has 8 nitrogen and oxygen atoms in total. The molecule has 2 amide bonds. The molecule has 1 aromatic heterocycles. The van der Waals surface area contributed by atoms with Crippen molar-refractivity contribution in [3.63, 3.8) is 0 Å². The lowest BCUT2D eigenvalue weighted by atomic mass is 10.1. The van der Waals surface area contributed by atoms with Crippen molar-refractivity contribution in [1.29, 1.82) is 0 Å². The Balaban J connectivity index is 1.26. The summed E-state index contributed by atoms with van der Waals surface area (Å²) in [5.74, 6) is 0.626. The number of nitrogens with one attached hydrogen (secondary N) is 1. The summed E-state index contributed by atoms with van der Waals surface area (Å²) in [5.41, 5.74) is 0.869. The van der Waals surface area contributed by atoms with Crippen LogP contribution in [0, 0.1) is 5.92 Å². The molecule has 2 aliphatic heterocycles. The van der Waals surface area contributed by atoms with Crippen LogP contribution in [0.4, 0.5) is 18.0 Å². The molecule has 0 bridgehead atoms. The summed E-state index contributed by atoms with van der Waals surface area (Å²) < 4.78 is 47.6. The highest BCUT2D eigenvalue weighted by Crippen LogP contribution is 2.30. The van der Waals surface area contributed by atoms with Crippen molar-refractivity contribution in [2.45, 2.75) is 24.9 Å². The van der Waals surface area contributed by atoms with Crippen LogP contribution in [0.3, 0.4) is 0 Å². The van der Waals surface area contributed by atoms with Gasteiger partial charge >= 0.3 is 12.2 Å². The number of amides is 2. The quantitative estimate of drug-likeness (QED) is 0.691. The normalized spacial score (nSPS) is 21.2. The molecule has 0 spiro atoms. The van der Waals surface area contributed by atoms with E-state index in [1.54, 1.807) is 6.20 Å².